The van der Waals surface area contributed by atoms with E-state index in [1.54, 1.807) is 0 Å². The summed E-state index contributed by atoms with van der Waals surface area (Å²) >= 11 is 0. The maximum atomic E-state index is 15.8. The van der Waals surface area contributed by atoms with E-state index in [1.165, 1.54) is 30.3 Å². The monoisotopic (exact) mass is 550 g/mol. The second-order valence-electron chi connectivity index (χ2n) is 8.29. The number of pyridine rings is 1. The largest absolute Gasteiger partial charge is 0.405 e. The molecule has 0 aliphatic rings. The minimum absolute atomic E-state index is 0.200. The van der Waals surface area contributed by atoms with Crippen LogP contribution >= 0.6 is 0 Å². The van der Waals surface area contributed by atoms with Crippen molar-refractivity contribution in [3.05, 3.63) is 101 Å². The van der Waals surface area contributed by atoms with Gasteiger partial charge in [-0.1, -0.05) is 11.8 Å². The van der Waals surface area contributed by atoms with Gasteiger partial charge in [0.15, 0.2) is 5.60 Å². The Kier molecular flexibility index (Phi) is 7.55. The molecule has 0 saturated heterocycles. The third-order valence-electron chi connectivity index (χ3n) is 5.49. The van der Waals surface area contributed by atoms with Crippen LogP contribution in [0.25, 0.3) is 0 Å². The van der Waals surface area contributed by atoms with E-state index >= 15 is 8.78 Å². The highest BCUT2D eigenvalue weighted by molar-refractivity contribution is 5.50. The molecule has 4 rings (SSSR count). The Morgan fingerprint density at radius 2 is 1.59 bits per heavy atom. The fourth-order valence-electron chi connectivity index (χ4n) is 3.55. The molecule has 0 radical (unpaired) electrons. The van der Waals surface area contributed by atoms with Crippen molar-refractivity contribution in [1.29, 1.82) is 0 Å². The van der Waals surface area contributed by atoms with E-state index in [2.05, 4.69) is 37.7 Å². The number of rotatable bonds is 7. The molecule has 39 heavy (non-hydrogen) atoms. The fraction of sp³-hybridized carbons (Fsp3) is 0.200. The van der Waals surface area contributed by atoms with E-state index in [-0.39, 0.29) is 11.3 Å². The summed E-state index contributed by atoms with van der Waals surface area (Å²) in [4.78, 5) is 3.71. The lowest BCUT2D eigenvalue weighted by Gasteiger charge is -2.35. The number of nitrogens with zero attached hydrogens (tertiary/aromatic N) is 5. The van der Waals surface area contributed by atoms with E-state index < -0.39 is 53.7 Å². The van der Waals surface area contributed by atoms with Gasteiger partial charge >= 0.3 is 12.1 Å². The molecule has 2 aromatic carbocycles. The summed E-state index contributed by atoms with van der Waals surface area (Å²) in [7, 11) is 0. The molecule has 14 heteroatoms. The second-order valence-corrected chi connectivity index (χ2v) is 8.29. The number of aromatic nitrogens is 5. The van der Waals surface area contributed by atoms with Crippen molar-refractivity contribution in [1.82, 2.24) is 25.2 Å². The zero-order valence-electron chi connectivity index (χ0n) is 19.6. The van der Waals surface area contributed by atoms with Gasteiger partial charge < -0.3 is 10.4 Å². The van der Waals surface area contributed by atoms with Crippen LogP contribution in [-0.2, 0) is 18.1 Å². The number of hydrogen-bond donors (Lipinski definition) is 2. The summed E-state index contributed by atoms with van der Waals surface area (Å²) in [5.74, 6) is -1.24. The number of benzene rings is 2. The van der Waals surface area contributed by atoms with Crippen LogP contribution in [0.5, 0.6) is 0 Å². The topological polar surface area (TPSA) is 88.8 Å². The Balaban J connectivity index is 1.58. The predicted molar refractivity (Wildman–Crippen MR) is 123 cm³/mol. The van der Waals surface area contributed by atoms with Gasteiger partial charge in [0.1, 0.15) is 30.2 Å². The lowest BCUT2D eigenvalue weighted by Crippen LogP contribution is -2.48. The van der Waals surface area contributed by atoms with Crippen LogP contribution in [0.1, 0.15) is 22.4 Å². The summed E-state index contributed by atoms with van der Waals surface area (Å²) in [5, 5.41) is 23.5. The first kappa shape index (κ1) is 27.5. The van der Waals surface area contributed by atoms with E-state index in [4.69, 9.17) is 0 Å². The molecule has 202 valence electrons. The van der Waals surface area contributed by atoms with Gasteiger partial charge in [-0.2, -0.15) is 22.0 Å². The maximum Gasteiger partial charge on any atom is 0.405 e. The lowest BCUT2D eigenvalue weighted by atomic mass is 9.84. The van der Waals surface area contributed by atoms with Crippen molar-refractivity contribution in [2.24, 2.45) is 0 Å². The molecule has 0 amide bonds. The molecule has 7 nitrogen and oxygen atoms in total. The molecule has 0 saturated carbocycles. The third kappa shape index (κ3) is 6.32. The summed E-state index contributed by atoms with van der Waals surface area (Å²) in [6.45, 7) is -2.19. The quantitative estimate of drug-likeness (QED) is 0.262. The van der Waals surface area contributed by atoms with Crippen molar-refractivity contribution in [3.63, 3.8) is 0 Å². The van der Waals surface area contributed by atoms with Crippen LogP contribution in [0.15, 0.2) is 67.1 Å². The van der Waals surface area contributed by atoms with E-state index in [1.807, 2.05) is 0 Å². The minimum atomic E-state index is -4.37. The molecule has 0 spiro atoms. The Hall–Kier alpha value is -4.51. The van der Waals surface area contributed by atoms with Gasteiger partial charge in [-0.25, -0.2) is 13.5 Å². The summed E-state index contributed by atoms with van der Waals surface area (Å²) in [6.07, 6.45) is -2.42. The van der Waals surface area contributed by atoms with Crippen LogP contribution in [0.3, 0.4) is 0 Å². The number of halogens is 7. The molecule has 1 unspecified atom stereocenters. The molecule has 2 aromatic heterocycles. The molecule has 2 N–H and O–H groups in total. The number of hydrogen-bond acceptors (Lipinski definition) is 6. The van der Waals surface area contributed by atoms with E-state index in [0.29, 0.717) is 17.7 Å². The van der Waals surface area contributed by atoms with Gasteiger partial charge in [-0.15, -0.1) is 5.10 Å². The SMILES string of the molecule is OC(Cn1cnnn1)(c1ccc(F)cc1F)C(F)(F)c1ccc(C#Cc2ccc(NCC(F)(F)F)cc2)cn1. The van der Waals surface area contributed by atoms with Crippen molar-refractivity contribution in [2.75, 3.05) is 11.9 Å². The maximum absolute atomic E-state index is 15.8. The molecule has 0 aliphatic carbocycles. The van der Waals surface area contributed by atoms with Gasteiger partial charge in [0, 0.05) is 34.6 Å². The van der Waals surface area contributed by atoms with Gasteiger partial charge in [0.05, 0.1) is 6.54 Å². The third-order valence-corrected chi connectivity index (χ3v) is 5.49. The van der Waals surface area contributed by atoms with E-state index in [9.17, 15) is 27.1 Å². The zero-order chi connectivity index (χ0) is 28.3. The Labute approximate surface area is 216 Å². The van der Waals surface area contributed by atoms with E-state index in [0.717, 1.165) is 29.3 Å². The Morgan fingerprint density at radius 1 is 0.897 bits per heavy atom. The number of aliphatic hydroxyl groups is 1. The second kappa shape index (κ2) is 10.7. The summed E-state index contributed by atoms with van der Waals surface area (Å²) < 4.78 is 97.2. The van der Waals surface area contributed by atoms with Gasteiger partial charge in [-0.3, -0.25) is 4.98 Å². The molecular formula is C25H17F7N6O. The van der Waals surface area contributed by atoms with Crippen molar-refractivity contribution >= 4 is 5.69 Å². The van der Waals surface area contributed by atoms with Crippen LogP contribution in [-0.4, -0.2) is 43.0 Å². The molecule has 2 heterocycles. The first-order valence-corrected chi connectivity index (χ1v) is 11.0. The summed E-state index contributed by atoms with van der Waals surface area (Å²) in [6, 6.07) is 9.62. The first-order valence-electron chi connectivity index (χ1n) is 11.0. The van der Waals surface area contributed by atoms with Crippen LogP contribution in [0.4, 0.5) is 36.4 Å². The number of anilines is 1. The van der Waals surface area contributed by atoms with Crippen LogP contribution < -0.4 is 5.32 Å². The normalized spacial score (nSPS) is 13.3. The average molecular weight is 550 g/mol. The van der Waals surface area contributed by atoms with Gasteiger partial charge in [-0.05, 0) is 59.0 Å². The molecule has 4 aromatic rings. The number of nitrogens with one attached hydrogen (secondary N) is 1. The smallest absolute Gasteiger partial charge is 0.377 e. The standard InChI is InChI=1S/C25H17F7N6O/c26-18-6-9-20(21(27)11-18)23(39,14-38-15-35-36-37-38)25(31,32)22-10-5-17(12-33-22)2-1-16-3-7-19(8-4-16)34-13-24(28,29)30/h3-12,15,34,39H,13-14H2. The number of tetrazole rings is 1. The fourth-order valence-corrected chi connectivity index (χ4v) is 3.55. The van der Waals surface area contributed by atoms with Crippen molar-refractivity contribution < 1.29 is 35.8 Å². The highest BCUT2D eigenvalue weighted by Crippen LogP contribution is 2.46. The van der Waals surface area contributed by atoms with Crippen molar-refractivity contribution in [3.8, 4) is 11.8 Å². The van der Waals surface area contributed by atoms with Gasteiger partial charge in [0.2, 0.25) is 0 Å². The zero-order valence-corrected chi connectivity index (χ0v) is 19.6. The number of alkyl halides is 5. The van der Waals surface area contributed by atoms with Gasteiger partial charge in [0.25, 0.3) is 0 Å². The molecule has 1 atom stereocenters. The lowest BCUT2D eigenvalue weighted by molar-refractivity contribution is -0.207. The highest BCUT2D eigenvalue weighted by atomic mass is 19.4. The molecular weight excluding hydrogens is 533 g/mol. The predicted octanol–water partition coefficient (Wildman–Crippen LogP) is 4.40. The molecule has 0 aliphatic heterocycles. The first-order chi connectivity index (χ1) is 18.4. The molecule has 0 bridgehead atoms. The average Bonchev–Trinajstić information content (AvgIpc) is 3.39. The van der Waals surface area contributed by atoms with Crippen LogP contribution in [0.2, 0.25) is 0 Å². The minimum Gasteiger partial charge on any atom is -0.377 e. The Bertz CT molecular complexity index is 1480. The Morgan fingerprint density at radius 3 is 2.18 bits per heavy atom. The summed E-state index contributed by atoms with van der Waals surface area (Å²) in [5.41, 5.74) is -4.24. The van der Waals surface area contributed by atoms with Crippen LogP contribution in [0, 0.1) is 23.5 Å². The molecule has 0 fully saturated rings. The highest BCUT2D eigenvalue weighted by Gasteiger charge is 2.58. The van der Waals surface area contributed by atoms with Crippen molar-refractivity contribution in [2.45, 2.75) is 24.2 Å².